The third kappa shape index (κ3) is 2.43. The van der Waals surface area contributed by atoms with Crippen LogP contribution in [0.3, 0.4) is 0 Å². The second kappa shape index (κ2) is 4.83. The van der Waals surface area contributed by atoms with Crippen molar-refractivity contribution in [2.75, 3.05) is 7.05 Å². The second-order valence-electron chi connectivity index (χ2n) is 3.12. The highest BCUT2D eigenvalue weighted by atomic mass is 14.9. The van der Waals surface area contributed by atoms with Gasteiger partial charge in [0, 0.05) is 6.04 Å². The normalized spacial score (nSPS) is 12.5. The molecule has 0 heterocycles. The molecule has 1 nitrogen and oxygen atoms in total. The zero-order chi connectivity index (χ0) is 9.68. The summed E-state index contributed by atoms with van der Waals surface area (Å²) < 4.78 is 0. The van der Waals surface area contributed by atoms with E-state index in [1.54, 1.807) is 0 Å². The molecule has 0 spiro atoms. The maximum absolute atomic E-state index is 3.76. The Bertz CT molecular complexity index is 274. The molecule has 1 unspecified atom stereocenters. The molecule has 1 aromatic carbocycles. The van der Waals surface area contributed by atoms with Crippen molar-refractivity contribution in [1.82, 2.24) is 5.32 Å². The summed E-state index contributed by atoms with van der Waals surface area (Å²) in [6.45, 7) is 5.94. The Hall–Kier alpha value is -1.08. The van der Waals surface area contributed by atoms with E-state index in [-0.39, 0.29) is 0 Å². The smallest absolute Gasteiger partial charge is 0.0315 e. The maximum Gasteiger partial charge on any atom is 0.0315 e. The molecule has 0 aliphatic heterocycles. The average Bonchev–Trinajstić information content (AvgIpc) is 2.20. The molecule has 0 saturated heterocycles. The third-order valence-corrected chi connectivity index (χ3v) is 2.31. The van der Waals surface area contributed by atoms with Crippen LogP contribution >= 0.6 is 0 Å². The average molecular weight is 175 g/mol. The minimum Gasteiger partial charge on any atom is -0.313 e. The van der Waals surface area contributed by atoms with Gasteiger partial charge in [-0.15, -0.1) is 0 Å². The molecule has 0 aliphatic carbocycles. The Labute approximate surface area is 80.5 Å². The van der Waals surface area contributed by atoms with Crippen molar-refractivity contribution in [3.63, 3.8) is 0 Å². The van der Waals surface area contributed by atoms with Gasteiger partial charge in [0.05, 0.1) is 0 Å². The van der Waals surface area contributed by atoms with E-state index in [2.05, 4.69) is 43.1 Å². The molecule has 70 valence electrons. The first-order valence-corrected chi connectivity index (χ1v) is 4.71. The van der Waals surface area contributed by atoms with E-state index < -0.39 is 0 Å². The molecule has 1 N–H and O–H groups in total. The van der Waals surface area contributed by atoms with Gasteiger partial charge in [0.15, 0.2) is 0 Å². The van der Waals surface area contributed by atoms with Gasteiger partial charge < -0.3 is 5.32 Å². The fraction of sp³-hybridized carbons (Fsp3) is 0.333. The lowest BCUT2D eigenvalue weighted by Gasteiger charge is -2.14. The van der Waals surface area contributed by atoms with Gasteiger partial charge in [-0.1, -0.05) is 43.8 Å². The van der Waals surface area contributed by atoms with Crippen LogP contribution < -0.4 is 5.32 Å². The molecule has 0 amide bonds. The maximum atomic E-state index is 3.76. The summed E-state index contributed by atoms with van der Waals surface area (Å²) in [7, 11) is 1.99. The summed E-state index contributed by atoms with van der Waals surface area (Å²) in [6.07, 6.45) is 2.99. The van der Waals surface area contributed by atoms with E-state index in [9.17, 15) is 0 Å². The molecule has 0 radical (unpaired) electrons. The first-order chi connectivity index (χ1) is 6.31. The molecule has 0 fully saturated rings. The Morgan fingerprint density at radius 1 is 1.54 bits per heavy atom. The van der Waals surface area contributed by atoms with Gasteiger partial charge in [-0.25, -0.2) is 0 Å². The molecule has 1 heteroatoms. The van der Waals surface area contributed by atoms with Crippen LogP contribution in [-0.2, 0) is 0 Å². The quantitative estimate of drug-likeness (QED) is 0.741. The van der Waals surface area contributed by atoms with Gasteiger partial charge in [0.2, 0.25) is 0 Å². The van der Waals surface area contributed by atoms with Crippen LogP contribution in [0.5, 0.6) is 0 Å². The lowest BCUT2D eigenvalue weighted by molar-refractivity contribution is 0.577. The first-order valence-electron chi connectivity index (χ1n) is 4.71. The predicted octanol–water partition coefficient (Wildman–Crippen LogP) is 3.00. The van der Waals surface area contributed by atoms with Crippen LogP contribution in [0, 0.1) is 0 Å². The monoisotopic (exact) mass is 175 g/mol. The van der Waals surface area contributed by atoms with Crippen LogP contribution in [0.1, 0.15) is 30.5 Å². The number of nitrogens with one attached hydrogen (secondary N) is 1. The van der Waals surface area contributed by atoms with Crippen molar-refractivity contribution in [2.24, 2.45) is 0 Å². The molecule has 0 aliphatic rings. The Morgan fingerprint density at radius 3 is 2.85 bits per heavy atom. The lowest BCUT2D eigenvalue weighted by Crippen LogP contribution is -2.15. The highest BCUT2D eigenvalue weighted by molar-refractivity contribution is 5.48. The van der Waals surface area contributed by atoms with Crippen LogP contribution in [0.4, 0.5) is 0 Å². The zero-order valence-electron chi connectivity index (χ0n) is 8.38. The van der Waals surface area contributed by atoms with Gasteiger partial charge in [-0.2, -0.15) is 0 Å². The van der Waals surface area contributed by atoms with Gasteiger partial charge in [-0.3, -0.25) is 0 Å². The summed E-state index contributed by atoms with van der Waals surface area (Å²) >= 11 is 0. The first kappa shape index (κ1) is 10.0. The summed E-state index contributed by atoms with van der Waals surface area (Å²) in [6, 6.07) is 8.93. The highest BCUT2D eigenvalue weighted by Crippen LogP contribution is 2.17. The van der Waals surface area contributed by atoms with Crippen molar-refractivity contribution in [3.8, 4) is 0 Å². The highest BCUT2D eigenvalue weighted by Gasteiger charge is 2.05. The summed E-state index contributed by atoms with van der Waals surface area (Å²) in [4.78, 5) is 0. The van der Waals surface area contributed by atoms with Crippen molar-refractivity contribution in [3.05, 3.63) is 42.0 Å². The molecule has 1 atom stereocenters. The van der Waals surface area contributed by atoms with E-state index in [1.165, 1.54) is 11.1 Å². The van der Waals surface area contributed by atoms with E-state index in [1.807, 2.05) is 13.1 Å². The summed E-state index contributed by atoms with van der Waals surface area (Å²) in [5.41, 5.74) is 2.52. The minimum absolute atomic E-state index is 0.458. The Morgan fingerprint density at radius 2 is 2.31 bits per heavy atom. The number of benzene rings is 1. The standard InChI is InChI=1S/C12H17N/c1-4-10-7-6-8-11(9-10)12(5-2)13-3/h4,6-9,12-13H,1,5H2,2-3H3. The Kier molecular flexibility index (Phi) is 3.71. The third-order valence-electron chi connectivity index (χ3n) is 2.31. The molecule has 0 saturated carbocycles. The van der Waals surface area contributed by atoms with Gasteiger partial charge >= 0.3 is 0 Å². The second-order valence-corrected chi connectivity index (χ2v) is 3.12. The molecule has 1 rings (SSSR count). The molecule has 13 heavy (non-hydrogen) atoms. The molecule has 0 bridgehead atoms. The van der Waals surface area contributed by atoms with Gasteiger partial charge in [0.1, 0.15) is 0 Å². The van der Waals surface area contributed by atoms with Crippen molar-refractivity contribution in [1.29, 1.82) is 0 Å². The van der Waals surface area contributed by atoms with E-state index in [0.29, 0.717) is 6.04 Å². The fourth-order valence-corrected chi connectivity index (χ4v) is 1.51. The van der Waals surface area contributed by atoms with Crippen LogP contribution in [-0.4, -0.2) is 7.05 Å². The number of hydrogen-bond donors (Lipinski definition) is 1. The minimum atomic E-state index is 0.458. The van der Waals surface area contributed by atoms with Crippen molar-refractivity contribution >= 4 is 6.08 Å². The molecular weight excluding hydrogens is 158 g/mol. The van der Waals surface area contributed by atoms with Crippen molar-refractivity contribution < 1.29 is 0 Å². The molecular formula is C12H17N. The summed E-state index contributed by atoms with van der Waals surface area (Å²) in [5, 5.41) is 3.29. The predicted molar refractivity (Wildman–Crippen MR) is 58.6 cm³/mol. The topological polar surface area (TPSA) is 12.0 Å². The number of hydrogen-bond acceptors (Lipinski definition) is 1. The zero-order valence-corrected chi connectivity index (χ0v) is 8.38. The van der Waals surface area contributed by atoms with E-state index >= 15 is 0 Å². The van der Waals surface area contributed by atoms with E-state index in [0.717, 1.165) is 6.42 Å². The lowest BCUT2D eigenvalue weighted by atomic mass is 10.0. The van der Waals surface area contributed by atoms with Crippen LogP contribution in [0.15, 0.2) is 30.8 Å². The van der Waals surface area contributed by atoms with Crippen molar-refractivity contribution in [2.45, 2.75) is 19.4 Å². The van der Waals surface area contributed by atoms with Crippen LogP contribution in [0.2, 0.25) is 0 Å². The molecule has 1 aromatic rings. The van der Waals surface area contributed by atoms with E-state index in [4.69, 9.17) is 0 Å². The number of rotatable bonds is 4. The van der Waals surface area contributed by atoms with Crippen LogP contribution in [0.25, 0.3) is 6.08 Å². The van der Waals surface area contributed by atoms with Gasteiger partial charge in [0.25, 0.3) is 0 Å². The fourth-order valence-electron chi connectivity index (χ4n) is 1.51. The van der Waals surface area contributed by atoms with Gasteiger partial charge in [-0.05, 0) is 24.6 Å². The summed E-state index contributed by atoms with van der Waals surface area (Å²) in [5.74, 6) is 0. The SMILES string of the molecule is C=Cc1cccc(C(CC)NC)c1. The molecule has 0 aromatic heterocycles. The Balaban J connectivity index is 2.92. The largest absolute Gasteiger partial charge is 0.313 e.